The summed E-state index contributed by atoms with van der Waals surface area (Å²) >= 11 is 0. The minimum absolute atomic E-state index is 0.00309. The van der Waals surface area contributed by atoms with Crippen LogP contribution in [-0.2, 0) is 4.79 Å². The van der Waals surface area contributed by atoms with Crippen molar-refractivity contribution in [2.24, 2.45) is 5.73 Å². The number of aliphatic carboxylic acids is 1. The van der Waals surface area contributed by atoms with Gasteiger partial charge in [-0.15, -0.1) is 0 Å². The molecule has 0 saturated carbocycles. The van der Waals surface area contributed by atoms with Gasteiger partial charge in [-0.2, -0.15) is 0 Å². The van der Waals surface area contributed by atoms with Gasteiger partial charge in [-0.25, -0.2) is 0 Å². The molecule has 1 aromatic carbocycles. The SMILES string of the molecule is COc1cc(C(N)CCC(=O)O)c(OC)cc1OC(C)C. The van der Waals surface area contributed by atoms with Crippen LogP contribution < -0.4 is 19.9 Å². The molecule has 0 spiro atoms. The van der Waals surface area contributed by atoms with Crippen molar-refractivity contribution in [3.8, 4) is 17.2 Å². The smallest absolute Gasteiger partial charge is 0.303 e. The molecule has 0 aliphatic rings. The number of carboxylic acids is 1. The summed E-state index contributed by atoms with van der Waals surface area (Å²) < 4.78 is 16.3. The standard InChI is InChI=1S/C15H23NO5/c1-9(2)21-14-8-12(19-3)10(7-13(14)20-4)11(16)5-6-15(17)18/h7-9,11H,5-6,16H2,1-4H3,(H,17,18). The zero-order valence-electron chi connectivity index (χ0n) is 12.9. The molecule has 1 unspecified atom stereocenters. The maximum atomic E-state index is 10.7. The number of carbonyl (C=O) groups is 1. The highest BCUT2D eigenvalue weighted by Crippen LogP contribution is 2.38. The van der Waals surface area contributed by atoms with Crippen molar-refractivity contribution >= 4 is 5.97 Å². The molecule has 1 rings (SSSR count). The summed E-state index contributed by atoms with van der Waals surface area (Å²) in [5.41, 5.74) is 6.76. The van der Waals surface area contributed by atoms with Gasteiger partial charge in [0.05, 0.1) is 20.3 Å². The van der Waals surface area contributed by atoms with Crippen molar-refractivity contribution in [2.75, 3.05) is 14.2 Å². The lowest BCUT2D eigenvalue weighted by atomic mass is 10.0. The number of carboxylic acid groups (broad SMARTS) is 1. The first-order valence-electron chi connectivity index (χ1n) is 6.79. The maximum absolute atomic E-state index is 10.7. The number of hydrogen-bond donors (Lipinski definition) is 2. The van der Waals surface area contributed by atoms with E-state index in [-0.39, 0.29) is 12.5 Å². The van der Waals surface area contributed by atoms with Crippen molar-refractivity contribution in [1.29, 1.82) is 0 Å². The van der Waals surface area contributed by atoms with Crippen LogP contribution in [0, 0.1) is 0 Å². The molecule has 0 radical (unpaired) electrons. The van der Waals surface area contributed by atoms with Crippen molar-refractivity contribution in [2.45, 2.75) is 38.8 Å². The number of rotatable bonds is 8. The van der Waals surface area contributed by atoms with E-state index in [1.807, 2.05) is 13.8 Å². The Morgan fingerprint density at radius 3 is 2.29 bits per heavy atom. The number of hydrogen-bond acceptors (Lipinski definition) is 5. The van der Waals surface area contributed by atoms with Crippen LogP contribution in [0.5, 0.6) is 17.2 Å². The highest BCUT2D eigenvalue weighted by atomic mass is 16.5. The average Bonchev–Trinajstić information content (AvgIpc) is 2.43. The van der Waals surface area contributed by atoms with Crippen LogP contribution in [0.2, 0.25) is 0 Å². The van der Waals surface area contributed by atoms with Gasteiger partial charge >= 0.3 is 5.97 Å². The Balaban J connectivity index is 3.10. The first kappa shape index (κ1) is 17.1. The largest absolute Gasteiger partial charge is 0.496 e. The van der Waals surface area contributed by atoms with E-state index in [1.54, 1.807) is 19.2 Å². The van der Waals surface area contributed by atoms with Crippen LogP contribution in [0.15, 0.2) is 12.1 Å². The van der Waals surface area contributed by atoms with Crippen molar-refractivity contribution in [3.05, 3.63) is 17.7 Å². The Morgan fingerprint density at radius 1 is 1.19 bits per heavy atom. The van der Waals surface area contributed by atoms with E-state index in [0.717, 1.165) is 0 Å². The summed E-state index contributed by atoms with van der Waals surface area (Å²) in [7, 11) is 3.08. The molecule has 1 atom stereocenters. The van der Waals surface area contributed by atoms with E-state index in [0.29, 0.717) is 29.2 Å². The summed E-state index contributed by atoms with van der Waals surface area (Å²) in [4.78, 5) is 10.7. The summed E-state index contributed by atoms with van der Waals surface area (Å²) in [5, 5.41) is 8.75. The highest BCUT2D eigenvalue weighted by Gasteiger charge is 2.18. The van der Waals surface area contributed by atoms with Crippen molar-refractivity contribution in [3.63, 3.8) is 0 Å². The number of methoxy groups -OCH3 is 2. The molecule has 0 aromatic heterocycles. The van der Waals surface area contributed by atoms with Gasteiger partial charge in [-0.1, -0.05) is 0 Å². The molecule has 6 nitrogen and oxygen atoms in total. The predicted molar refractivity (Wildman–Crippen MR) is 79.1 cm³/mol. The van der Waals surface area contributed by atoms with Gasteiger partial charge in [-0.3, -0.25) is 4.79 Å². The van der Waals surface area contributed by atoms with E-state index >= 15 is 0 Å². The van der Waals surface area contributed by atoms with Crippen molar-refractivity contribution < 1.29 is 24.1 Å². The van der Waals surface area contributed by atoms with Gasteiger partial charge < -0.3 is 25.1 Å². The molecule has 6 heteroatoms. The van der Waals surface area contributed by atoms with E-state index in [4.69, 9.17) is 25.1 Å². The maximum Gasteiger partial charge on any atom is 0.303 e. The highest BCUT2D eigenvalue weighted by molar-refractivity contribution is 5.66. The lowest BCUT2D eigenvalue weighted by Gasteiger charge is -2.20. The van der Waals surface area contributed by atoms with E-state index in [1.165, 1.54) is 7.11 Å². The fourth-order valence-corrected chi connectivity index (χ4v) is 1.96. The summed E-state index contributed by atoms with van der Waals surface area (Å²) in [6.45, 7) is 3.83. The Bertz CT molecular complexity index is 487. The third-order valence-corrected chi connectivity index (χ3v) is 2.95. The molecule has 0 aliphatic carbocycles. The molecule has 1 aromatic rings. The summed E-state index contributed by atoms with van der Waals surface area (Å²) in [5.74, 6) is 0.796. The van der Waals surface area contributed by atoms with Crippen molar-refractivity contribution in [1.82, 2.24) is 0 Å². The van der Waals surface area contributed by atoms with Gasteiger partial charge in [0.15, 0.2) is 11.5 Å². The quantitative estimate of drug-likeness (QED) is 0.765. The van der Waals surface area contributed by atoms with Gasteiger partial charge in [-0.05, 0) is 26.3 Å². The van der Waals surface area contributed by atoms with Crippen LogP contribution in [0.25, 0.3) is 0 Å². The average molecular weight is 297 g/mol. The van der Waals surface area contributed by atoms with E-state index in [2.05, 4.69) is 0 Å². The predicted octanol–water partition coefficient (Wildman–Crippen LogP) is 2.36. The number of nitrogens with two attached hydrogens (primary N) is 1. The Hall–Kier alpha value is -1.95. The molecule has 118 valence electrons. The zero-order valence-corrected chi connectivity index (χ0v) is 12.9. The Kier molecular flexibility index (Phi) is 6.30. The van der Waals surface area contributed by atoms with Crippen LogP contribution in [0.3, 0.4) is 0 Å². The topological polar surface area (TPSA) is 91.0 Å². The van der Waals surface area contributed by atoms with E-state index in [9.17, 15) is 4.79 Å². The fraction of sp³-hybridized carbons (Fsp3) is 0.533. The zero-order chi connectivity index (χ0) is 16.0. The van der Waals surface area contributed by atoms with E-state index < -0.39 is 12.0 Å². The second-order valence-electron chi connectivity index (χ2n) is 4.95. The molecule has 21 heavy (non-hydrogen) atoms. The van der Waals surface area contributed by atoms with Gasteiger partial charge in [0, 0.05) is 24.1 Å². The van der Waals surface area contributed by atoms with Crippen LogP contribution in [0.4, 0.5) is 0 Å². The van der Waals surface area contributed by atoms with Crippen LogP contribution in [-0.4, -0.2) is 31.4 Å². The molecule has 0 amide bonds. The minimum atomic E-state index is -0.879. The lowest BCUT2D eigenvalue weighted by Crippen LogP contribution is -2.14. The Labute approximate surface area is 124 Å². The first-order chi connectivity index (χ1) is 9.88. The molecule has 3 N–H and O–H groups in total. The Morgan fingerprint density at radius 2 is 1.81 bits per heavy atom. The molecular formula is C15H23NO5. The van der Waals surface area contributed by atoms with Crippen LogP contribution in [0.1, 0.15) is 38.3 Å². The monoisotopic (exact) mass is 297 g/mol. The number of benzene rings is 1. The van der Waals surface area contributed by atoms with Gasteiger partial charge in [0.1, 0.15) is 5.75 Å². The van der Waals surface area contributed by atoms with Gasteiger partial charge in [0.2, 0.25) is 0 Å². The molecule has 0 aliphatic heterocycles. The number of ether oxygens (including phenoxy) is 3. The molecule has 0 saturated heterocycles. The molecule has 0 fully saturated rings. The molecular weight excluding hydrogens is 274 g/mol. The van der Waals surface area contributed by atoms with Crippen LogP contribution >= 0.6 is 0 Å². The molecule has 0 heterocycles. The molecule has 0 bridgehead atoms. The summed E-state index contributed by atoms with van der Waals surface area (Å²) in [6.07, 6.45) is 0.311. The fourth-order valence-electron chi connectivity index (χ4n) is 1.96. The second kappa shape index (κ2) is 7.73. The third kappa shape index (κ3) is 4.82. The van der Waals surface area contributed by atoms with Gasteiger partial charge in [0.25, 0.3) is 0 Å². The third-order valence-electron chi connectivity index (χ3n) is 2.95. The normalized spacial score (nSPS) is 12.1. The lowest BCUT2D eigenvalue weighted by molar-refractivity contribution is -0.137. The first-order valence-corrected chi connectivity index (χ1v) is 6.79. The minimum Gasteiger partial charge on any atom is -0.496 e. The summed E-state index contributed by atoms with van der Waals surface area (Å²) in [6, 6.07) is 3.01. The second-order valence-corrected chi connectivity index (χ2v) is 4.95.